The summed E-state index contributed by atoms with van der Waals surface area (Å²) in [6.07, 6.45) is 2.83. The first-order chi connectivity index (χ1) is 8.33. The summed E-state index contributed by atoms with van der Waals surface area (Å²) < 4.78 is 16.2. The molecule has 0 aliphatic carbocycles. The third-order valence-electron chi connectivity index (χ3n) is 2.71. The van der Waals surface area contributed by atoms with Gasteiger partial charge in [-0.25, -0.2) is 0 Å². The van der Waals surface area contributed by atoms with Gasteiger partial charge in [-0.05, 0) is 19.3 Å². The second-order valence-electron chi connectivity index (χ2n) is 4.16. The lowest BCUT2D eigenvalue weighted by atomic mass is 10.2. The van der Waals surface area contributed by atoms with E-state index in [0.29, 0.717) is 31.5 Å². The van der Waals surface area contributed by atoms with Crippen molar-refractivity contribution in [3.05, 3.63) is 11.7 Å². The van der Waals surface area contributed by atoms with Crippen LogP contribution in [0.25, 0.3) is 0 Å². The minimum Gasteiger partial charge on any atom is -0.373 e. The van der Waals surface area contributed by atoms with Crippen molar-refractivity contribution in [1.82, 2.24) is 10.1 Å². The monoisotopic (exact) mass is 241 g/mol. The van der Waals surface area contributed by atoms with Crippen LogP contribution >= 0.6 is 0 Å². The summed E-state index contributed by atoms with van der Waals surface area (Å²) in [6.45, 7) is 3.70. The van der Waals surface area contributed by atoms with Crippen LogP contribution in [0.2, 0.25) is 0 Å². The molecule has 1 aromatic heterocycles. The molecule has 0 amide bonds. The van der Waals surface area contributed by atoms with Crippen molar-refractivity contribution in [3.63, 3.8) is 0 Å². The first-order valence-corrected chi connectivity index (χ1v) is 6.09. The summed E-state index contributed by atoms with van der Waals surface area (Å²) in [5.74, 6) is 1.12. The highest BCUT2D eigenvalue weighted by Gasteiger charge is 2.29. The van der Waals surface area contributed by atoms with Crippen molar-refractivity contribution >= 4 is 0 Å². The molecule has 0 radical (unpaired) electrons. The summed E-state index contributed by atoms with van der Waals surface area (Å²) in [6, 6.07) is 0. The Bertz CT molecular complexity index is 342. The van der Waals surface area contributed by atoms with Crippen LogP contribution in [0.1, 0.15) is 44.0 Å². The van der Waals surface area contributed by atoms with Crippen LogP contribution in [0.4, 0.5) is 0 Å². The molecule has 0 bridgehead atoms. The molecule has 0 spiro atoms. The van der Waals surface area contributed by atoms with Gasteiger partial charge in [0, 0.05) is 13.2 Å². The highest BCUT2D eigenvalue weighted by Crippen LogP contribution is 2.31. The number of aromatic nitrogens is 2. The highest BCUT2D eigenvalue weighted by atomic mass is 16.5. The fraction of sp³-hybridized carbons (Fsp3) is 0.818. The van der Waals surface area contributed by atoms with Gasteiger partial charge in [-0.15, -0.1) is 0 Å². The molecule has 1 saturated heterocycles. The van der Waals surface area contributed by atoms with E-state index in [1.54, 1.807) is 0 Å². The third-order valence-corrected chi connectivity index (χ3v) is 2.71. The molecule has 2 atom stereocenters. The van der Waals surface area contributed by atoms with E-state index in [1.165, 1.54) is 0 Å². The van der Waals surface area contributed by atoms with Crippen LogP contribution in [0.3, 0.4) is 0 Å². The fourth-order valence-corrected chi connectivity index (χ4v) is 1.83. The lowest BCUT2D eigenvalue weighted by molar-refractivity contribution is 0.0307. The van der Waals surface area contributed by atoms with Crippen molar-refractivity contribution in [1.29, 1.82) is 0 Å². The van der Waals surface area contributed by atoms with Crippen LogP contribution in [0.5, 0.6) is 0 Å². The van der Waals surface area contributed by atoms with Gasteiger partial charge in [0.05, 0.1) is 6.10 Å². The molecule has 1 aliphatic rings. The van der Waals surface area contributed by atoms with Gasteiger partial charge in [0.2, 0.25) is 0 Å². The van der Waals surface area contributed by atoms with Gasteiger partial charge < -0.3 is 19.7 Å². The van der Waals surface area contributed by atoms with Crippen molar-refractivity contribution in [2.24, 2.45) is 5.73 Å². The molecule has 1 aromatic rings. The van der Waals surface area contributed by atoms with Gasteiger partial charge in [-0.3, -0.25) is 0 Å². The lowest BCUT2D eigenvalue weighted by Gasteiger charge is -2.07. The van der Waals surface area contributed by atoms with Gasteiger partial charge >= 0.3 is 0 Å². The lowest BCUT2D eigenvalue weighted by Crippen LogP contribution is -2.18. The predicted octanol–water partition coefficient (Wildman–Crippen LogP) is 1.18. The molecule has 0 aromatic carbocycles. The maximum absolute atomic E-state index is 5.67. The quantitative estimate of drug-likeness (QED) is 0.753. The SMILES string of the molecule is CCCOCc1noc(C2CCC(CN)O2)n1. The van der Waals surface area contributed by atoms with E-state index in [1.807, 2.05) is 0 Å². The normalized spacial score (nSPS) is 24.4. The Balaban J connectivity index is 1.85. The van der Waals surface area contributed by atoms with Gasteiger partial charge in [0.25, 0.3) is 5.89 Å². The molecule has 1 fully saturated rings. The number of ether oxygens (including phenoxy) is 2. The molecular weight excluding hydrogens is 222 g/mol. The molecule has 2 rings (SSSR count). The largest absolute Gasteiger partial charge is 0.373 e. The Labute approximate surface area is 100 Å². The minimum absolute atomic E-state index is 0.101. The number of rotatable bonds is 6. The number of nitrogens with zero attached hydrogens (tertiary/aromatic N) is 2. The number of nitrogens with two attached hydrogens (primary N) is 1. The highest BCUT2D eigenvalue weighted by molar-refractivity contribution is 4.92. The molecular formula is C11H19N3O3. The van der Waals surface area contributed by atoms with Gasteiger partial charge in [0.1, 0.15) is 12.7 Å². The Morgan fingerprint density at radius 3 is 3.06 bits per heavy atom. The maximum atomic E-state index is 5.67. The van der Waals surface area contributed by atoms with Crippen LogP contribution in [-0.4, -0.2) is 29.4 Å². The Kier molecular flexibility index (Phi) is 4.47. The van der Waals surface area contributed by atoms with E-state index in [4.69, 9.17) is 19.7 Å². The molecule has 2 heterocycles. The zero-order chi connectivity index (χ0) is 12.1. The van der Waals surface area contributed by atoms with E-state index < -0.39 is 0 Å². The summed E-state index contributed by atoms with van der Waals surface area (Å²) in [4.78, 5) is 4.26. The first-order valence-electron chi connectivity index (χ1n) is 6.09. The second kappa shape index (κ2) is 6.09. The van der Waals surface area contributed by atoms with E-state index in [-0.39, 0.29) is 12.2 Å². The Hall–Kier alpha value is -0.980. The van der Waals surface area contributed by atoms with E-state index >= 15 is 0 Å². The van der Waals surface area contributed by atoms with Crippen LogP contribution in [0, 0.1) is 0 Å². The fourth-order valence-electron chi connectivity index (χ4n) is 1.83. The van der Waals surface area contributed by atoms with Crippen LogP contribution in [-0.2, 0) is 16.1 Å². The van der Waals surface area contributed by atoms with Crippen LogP contribution < -0.4 is 5.73 Å². The summed E-state index contributed by atoms with van der Waals surface area (Å²) in [5.41, 5.74) is 5.55. The standard InChI is InChI=1S/C11H19N3O3/c1-2-5-15-7-10-13-11(17-14-10)9-4-3-8(6-12)16-9/h8-9H,2-7,12H2,1H3. The summed E-state index contributed by atoms with van der Waals surface area (Å²) >= 11 is 0. The van der Waals surface area contributed by atoms with Gasteiger partial charge in [-0.1, -0.05) is 12.1 Å². The van der Waals surface area contributed by atoms with Crippen molar-refractivity contribution in [2.45, 2.75) is 45.0 Å². The second-order valence-corrected chi connectivity index (χ2v) is 4.16. The van der Waals surface area contributed by atoms with Crippen LogP contribution in [0.15, 0.2) is 4.52 Å². The average molecular weight is 241 g/mol. The zero-order valence-corrected chi connectivity index (χ0v) is 10.1. The van der Waals surface area contributed by atoms with Gasteiger partial charge in [0.15, 0.2) is 5.82 Å². The first kappa shape index (κ1) is 12.5. The summed E-state index contributed by atoms with van der Waals surface area (Å²) in [7, 11) is 0. The van der Waals surface area contributed by atoms with E-state index in [9.17, 15) is 0 Å². The molecule has 2 N–H and O–H groups in total. The minimum atomic E-state index is -0.101. The Morgan fingerprint density at radius 1 is 1.47 bits per heavy atom. The zero-order valence-electron chi connectivity index (χ0n) is 10.1. The number of hydrogen-bond acceptors (Lipinski definition) is 6. The topological polar surface area (TPSA) is 83.4 Å². The molecule has 96 valence electrons. The molecule has 17 heavy (non-hydrogen) atoms. The summed E-state index contributed by atoms with van der Waals surface area (Å²) in [5, 5.41) is 3.86. The smallest absolute Gasteiger partial charge is 0.255 e. The Morgan fingerprint density at radius 2 is 2.35 bits per heavy atom. The van der Waals surface area contributed by atoms with Gasteiger partial charge in [-0.2, -0.15) is 4.98 Å². The predicted molar refractivity (Wildman–Crippen MR) is 60.1 cm³/mol. The van der Waals surface area contributed by atoms with Crippen molar-refractivity contribution < 1.29 is 14.0 Å². The number of hydrogen-bond donors (Lipinski definition) is 1. The molecule has 2 unspecified atom stereocenters. The molecule has 6 heteroatoms. The molecule has 0 saturated carbocycles. The van der Waals surface area contributed by atoms with E-state index in [0.717, 1.165) is 19.3 Å². The van der Waals surface area contributed by atoms with Crippen molar-refractivity contribution in [2.75, 3.05) is 13.2 Å². The average Bonchev–Trinajstić information content (AvgIpc) is 2.97. The molecule has 1 aliphatic heterocycles. The van der Waals surface area contributed by atoms with E-state index in [2.05, 4.69) is 17.1 Å². The third kappa shape index (κ3) is 3.24. The van der Waals surface area contributed by atoms with Crippen molar-refractivity contribution in [3.8, 4) is 0 Å². The molecule has 6 nitrogen and oxygen atoms in total. The maximum Gasteiger partial charge on any atom is 0.255 e.